The van der Waals surface area contributed by atoms with E-state index in [1.54, 1.807) is 18.7 Å². The van der Waals surface area contributed by atoms with Crippen molar-refractivity contribution < 1.29 is 27.0 Å². The van der Waals surface area contributed by atoms with E-state index in [4.69, 9.17) is 0 Å². The highest BCUT2D eigenvalue weighted by molar-refractivity contribution is 7.93. The van der Waals surface area contributed by atoms with Gasteiger partial charge in [-0.2, -0.15) is 19.4 Å². The van der Waals surface area contributed by atoms with E-state index < -0.39 is 40.1 Å². The normalized spacial score (nSPS) is 21.2. The fourth-order valence-corrected chi connectivity index (χ4v) is 6.51. The quantitative estimate of drug-likeness (QED) is 0.508. The van der Waals surface area contributed by atoms with E-state index in [9.17, 15) is 22.4 Å². The van der Waals surface area contributed by atoms with Gasteiger partial charge in [0.1, 0.15) is 29.9 Å². The molecule has 0 radical (unpaired) electrons. The number of hydrogen-bond donors (Lipinski definition) is 1. The molecule has 0 saturated heterocycles. The van der Waals surface area contributed by atoms with Crippen LogP contribution in [0.25, 0.3) is 0 Å². The smallest absolute Gasteiger partial charge is 0.268 e. The van der Waals surface area contributed by atoms with Crippen molar-refractivity contribution in [2.75, 3.05) is 6.67 Å². The number of allylic oxidation sites excluding steroid dienone is 2. The summed E-state index contributed by atoms with van der Waals surface area (Å²) in [5, 5.41) is 13.5. The lowest BCUT2D eigenvalue weighted by atomic mass is 9.94. The van der Waals surface area contributed by atoms with E-state index in [0.29, 0.717) is 28.6 Å². The number of hydrogen-bond acceptors (Lipinski definition) is 8. The van der Waals surface area contributed by atoms with E-state index in [0.717, 1.165) is 16.3 Å². The zero-order chi connectivity index (χ0) is 25.8. The van der Waals surface area contributed by atoms with E-state index >= 15 is 0 Å². The van der Waals surface area contributed by atoms with E-state index in [-0.39, 0.29) is 18.0 Å². The first-order valence-corrected chi connectivity index (χ1v) is 13.6. The maximum atomic E-state index is 13.5. The number of fused-ring (bicyclic) bond motifs is 1. The Balaban J connectivity index is 1.55. The van der Waals surface area contributed by atoms with Gasteiger partial charge in [0.05, 0.1) is 21.8 Å². The SMILES string of the molecule is Cc1cc(C[N+]2=C3C=CC(S(=O)(=O)NC4(CF)CC4)=CC3C(=O)N(Cc3nnc(C)s3)C2=O)n(C)n1. The summed E-state index contributed by atoms with van der Waals surface area (Å²) in [5.41, 5.74) is 0.800. The van der Waals surface area contributed by atoms with Gasteiger partial charge in [-0.05, 0) is 51.0 Å². The number of nitrogens with one attached hydrogen (secondary N) is 1. The first-order valence-electron chi connectivity index (χ1n) is 11.3. The number of aromatic nitrogens is 4. The molecule has 2 aromatic rings. The maximum Gasteiger partial charge on any atom is 0.501 e. The van der Waals surface area contributed by atoms with Gasteiger partial charge in [-0.15, -0.1) is 10.2 Å². The number of carbonyl (C=O) groups is 2. The standard InChI is InChI=1S/C22H25FN7O4S2/c1-13-8-15(28(3)26-13)10-29-18-5-4-16(36(33,34)27-22(12-23)6-7-22)9-17(18)20(31)30(21(29)32)11-19-25-24-14(2)35-19/h4-5,8-9,17,27H,6-7,10-12H2,1-3H3/q+1. The second kappa shape index (κ2) is 8.78. The number of halogens is 1. The number of alkyl halides is 1. The molecule has 1 unspecified atom stereocenters. The van der Waals surface area contributed by atoms with Crippen LogP contribution in [0.15, 0.2) is 29.2 Å². The van der Waals surface area contributed by atoms with Gasteiger partial charge in [0.2, 0.25) is 10.0 Å². The molecule has 11 nitrogen and oxygen atoms in total. The molecular weight excluding hydrogens is 509 g/mol. The molecule has 14 heteroatoms. The molecule has 5 rings (SSSR count). The largest absolute Gasteiger partial charge is 0.501 e. The lowest BCUT2D eigenvalue weighted by Crippen LogP contribution is -2.54. The van der Waals surface area contributed by atoms with Crippen molar-refractivity contribution in [1.29, 1.82) is 0 Å². The van der Waals surface area contributed by atoms with Crippen LogP contribution in [0.3, 0.4) is 0 Å². The zero-order valence-corrected chi connectivity index (χ0v) is 21.6. The highest BCUT2D eigenvalue weighted by Crippen LogP contribution is 2.38. The van der Waals surface area contributed by atoms with Gasteiger partial charge >= 0.3 is 11.9 Å². The van der Waals surface area contributed by atoms with Crippen molar-refractivity contribution in [1.82, 2.24) is 29.6 Å². The van der Waals surface area contributed by atoms with Gasteiger partial charge in [-0.3, -0.25) is 4.68 Å². The van der Waals surface area contributed by atoms with Crippen LogP contribution in [-0.2, 0) is 35.0 Å². The summed E-state index contributed by atoms with van der Waals surface area (Å²) in [5.74, 6) is -1.59. The average molecular weight is 535 g/mol. The summed E-state index contributed by atoms with van der Waals surface area (Å²) in [4.78, 5) is 28.0. The molecule has 2 aromatic heterocycles. The topological polar surface area (TPSA) is 130 Å². The Hall–Kier alpha value is -3.10. The number of amides is 3. The van der Waals surface area contributed by atoms with Crippen LogP contribution in [0, 0.1) is 19.8 Å². The van der Waals surface area contributed by atoms with Crippen molar-refractivity contribution in [2.24, 2.45) is 13.0 Å². The Morgan fingerprint density at radius 1 is 1.25 bits per heavy atom. The third kappa shape index (κ3) is 4.44. The van der Waals surface area contributed by atoms with E-state index in [1.165, 1.54) is 34.1 Å². The predicted octanol–water partition coefficient (Wildman–Crippen LogP) is 1.50. The fourth-order valence-electron chi connectivity index (χ4n) is 4.30. The number of imide groups is 1. The van der Waals surface area contributed by atoms with E-state index in [1.807, 2.05) is 13.0 Å². The summed E-state index contributed by atoms with van der Waals surface area (Å²) in [7, 11) is -2.31. The molecular formula is C22H25FN7O4S2+. The zero-order valence-electron chi connectivity index (χ0n) is 19.9. The molecule has 0 aromatic carbocycles. The van der Waals surface area contributed by atoms with Crippen LogP contribution in [-0.4, -0.2) is 67.7 Å². The molecule has 0 bridgehead atoms. The van der Waals surface area contributed by atoms with Gasteiger partial charge in [-0.25, -0.2) is 22.3 Å². The monoisotopic (exact) mass is 534 g/mol. The van der Waals surface area contributed by atoms with Crippen LogP contribution in [0.2, 0.25) is 0 Å². The van der Waals surface area contributed by atoms with Crippen molar-refractivity contribution in [3.05, 3.63) is 50.6 Å². The molecule has 36 heavy (non-hydrogen) atoms. The van der Waals surface area contributed by atoms with Crippen LogP contribution < -0.4 is 4.72 Å². The molecule has 3 aliphatic rings. The summed E-state index contributed by atoms with van der Waals surface area (Å²) in [6.07, 6.45) is 4.97. The predicted molar refractivity (Wildman–Crippen MR) is 128 cm³/mol. The number of urea groups is 1. The number of nitrogens with zero attached hydrogens (tertiary/aromatic N) is 6. The molecule has 1 atom stereocenters. The van der Waals surface area contributed by atoms with Gasteiger partial charge in [0, 0.05) is 7.05 Å². The lowest BCUT2D eigenvalue weighted by molar-refractivity contribution is -0.457. The highest BCUT2D eigenvalue weighted by atomic mass is 32.2. The highest BCUT2D eigenvalue weighted by Gasteiger charge is 2.50. The number of carbonyl (C=O) groups excluding carboxylic acids is 2. The Morgan fingerprint density at radius 3 is 2.58 bits per heavy atom. The molecule has 1 saturated carbocycles. The van der Waals surface area contributed by atoms with Crippen molar-refractivity contribution >= 4 is 39.0 Å². The summed E-state index contributed by atoms with van der Waals surface area (Å²) < 4.78 is 44.9. The molecule has 190 valence electrons. The minimum atomic E-state index is -4.07. The molecule has 1 N–H and O–H groups in total. The van der Waals surface area contributed by atoms with Crippen LogP contribution in [0.1, 0.15) is 34.2 Å². The molecule has 1 aliphatic heterocycles. The van der Waals surface area contributed by atoms with Gasteiger partial charge in [0.25, 0.3) is 0 Å². The maximum absolute atomic E-state index is 13.5. The van der Waals surface area contributed by atoms with Crippen molar-refractivity contribution in [2.45, 2.75) is 45.3 Å². The molecule has 3 amide bonds. The molecule has 3 heterocycles. The van der Waals surface area contributed by atoms with Crippen molar-refractivity contribution in [3.8, 4) is 0 Å². The lowest BCUT2D eigenvalue weighted by Gasteiger charge is -2.27. The minimum absolute atomic E-state index is 0.0866. The molecule has 2 aliphatic carbocycles. The third-order valence-corrected chi connectivity index (χ3v) is 8.84. The average Bonchev–Trinajstić information content (AvgIpc) is 3.35. The van der Waals surface area contributed by atoms with Gasteiger partial charge < -0.3 is 0 Å². The van der Waals surface area contributed by atoms with Crippen LogP contribution in [0.5, 0.6) is 0 Å². The molecule has 1 fully saturated rings. The van der Waals surface area contributed by atoms with Crippen LogP contribution in [0.4, 0.5) is 9.18 Å². The number of aryl methyl sites for hydroxylation is 3. The first kappa shape index (κ1) is 24.6. The summed E-state index contributed by atoms with van der Waals surface area (Å²) in [6, 6.07) is 1.29. The third-order valence-electron chi connectivity index (χ3n) is 6.42. The van der Waals surface area contributed by atoms with Crippen molar-refractivity contribution in [3.63, 3.8) is 0 Å². The van der Waals surface area contributed by atoms with Crippen LogP contribution >= 0.6 is 11.3 Å². The number of sulfonamides is 1. The minimum Gasteiger partial charge on any atom is -0.268 e. The Kier molecular flexibility index (Phi) is 6.00. The first-order chi connectivity index (χ1) is 17.0. The second-order valence-electron chi connectivity index (χ2n) is 9.23. The molecule has 0 spiro atoms. The number of rotatable bonds is 8. The van der Waals surface area contributed by atoms with Gasteiger partial charge in [0.15, 0.2) is 11.6 Å². The second-order valence-corrected chi connectivity index (χ2v) is 12.2. The Labute approximate surface area is 211 Å². The van der Waals surface area contributed by atoms with Gasteiger partial charge in [-0.1, -0.05) is 11.3 Å². The Morgan fingerprint density at radius 2 is 2.00 bits per heavy atom. The Bertz CT molecular complexity index is 1470. The summed E-state index contributed by atoms with van der Waals surface area (Å²) >= 11 is 1.27. The fraction of sp³-hybridized carbons (Fsp3) is 0.455. The summed E-state index contributed by atoms with van der Waals surface area (Å²) in [6.45, 7) is 2.85. The van der Waals surface area contributed by atoms with E-state index in [2.05, 4.69) is 20.0 Å².